The first-order valence-corrected chi connectivity index (χ1v) is 7.32. The number of Topliss-reactive ketones (excluding diaryl/α,β-unsaturated/α-hetero) is 2. The molecule has 2 aromatic carbocycles. The molecule has 0 N–H and O–H groups in total. The Bertz CT molecular complexity index is 676. The summed E-state index contributed by atoms with van der Waals surface area (Å²) >= 11 is 5.90. The second-order valence-corrected chi connectivity index (χ2v) is 5.91. The fraction of sp³-hybridized carbons (Fsp3) is 0.222. The molecule has 1 fully saturated rings. The fourth-order valence-electron chi connectivity index (χ4n) is 3.04. The van der Waals surface area contributed by atoms with Gasteiger partial charge in [0.25, 0.3) is 0 Å². The number of carbonyl (C=O) groups excluding carboxylic acids is 2. The summed E-state index contributed by atoms with van der Waals surface area (Å²) in [4.78, 5) is 24.4. The number of benzene rings is 2. The van der Waals surface area contributed by atoms with E-state index in [4.69, 9.17) is 11.6 Å². The summed E-state index contributed by atoms with van der Waals surface area (Å²) in [6.45, 7) is 1.56. The van der Waals surface area contributed by atoms with E-state index < -0.39 is 0 Å². The Hall–Kier alpha value is -1.93. The summed E-state index contributed by atoms with van der Waals surface area (Å²) in [7, 11) is 0. The van der Waals surface area contributed by atoms with Crippen molar-refractivity contribution in [3.8, 4) is 0 Å². The second-order valence-electron chi connectivity index (χ2n) is 5.47. The predicted octanol–water partition coefficient (Wildman–Crippen LogP) is 4.14. The van der Waals surface area contributed by atoms with Gasteiger partial charge in [-0.05, 0) is 24.6 Å². The predicted molar refractivity (Wildman–Crippen MR) is 82.6 cm³/mol. The Morgan fingerprint density at radius 2 is 1.52 bits per heavy atom. The average Bonchev–Trinajstić information content (AvgIpc) is 3.24. The molecule has 0 aromatic heterocycles. The largest absolute Gasteiger partial charge is 0.300 e. The van der Waals surface area contributed by atoms with E-state index in [1.54, 1.807) is 31.2 Å². The number of hydrogen-bond donors (Lipinski definition) is 0. The Morgan fingerprint density at radius 1 is 0.905 bits per heavy atom. The first kappa shape index (κ1) is 14.0. The van der Waals surface area contributed by atoms with Crippen molar-refractivity contribution < 1.29 is 9.59 Å². The highest BCUT2D eigenvalue weighted by Gasteiger charge is 2.57. The second kappa shape index (κ2) is 5.45. The van der Waals surface area contributed by atoms with Gasteiger partial charge in [-0.15, -0.1) is 0 Å². The minimum Gasteiger partial charge on any atom is -0.300 e. The zero-order valence-electron chi connectivity index (χ0n) is 11.6. The molecule has 1 aliphatic rings. The Labute approximate surface area is 128 Å². The lowest BCUT2D eigenvalue weighted by Crippen LogP contribution is -2.06. The summed E-state index contributed by atoms with van der Waals surface area (Å²) in [6, 6.07) is 16.6. The maximum Gasteiger partial charge on any atom is 0.167 e. The molecule has 2 nitrogen and oxygen atoms in total. The highest BCUT2D eigenvalue weighted by atomic mass is 35.5. The molecule has 0 radical (unpaired) electrons. The van der Waals surface area contributed by atoms with Gasteiger partial charge in [0.2, 0.25) is 0 Å². The van der Waals surface area contributed by atoms with Gasteiger partial charge in [0.1, 0.15) is 5.78 Å². The van der Waals surface area contributed by atoms with Crippen LogP contribution in [0, 0.1) is 11.8 Å². The van der Waals surface area contributed by atoms with Gasteiger partial charge in [-0.25, -0.2) is 0 Å². The normalized spacial score (nSPS) is 23.6. The molecule has 106 valence electrons. The van der Waals surface area contributed by atoms with E-state index in [0.29, 0.717) is 10.6 Å². The van der Waals surface area contributed by atoms with Gasteiger partial charge in [0.15, 0.2) is 5.78 Å². The average molecular weight is 299 g/mol. The summed E-state index contributed by atoms with van der Waals surface area (Å²) in [5, 5.41) is 0.657. The smallest absolute Gasteiger partial charge is 0.167 e. The van der Waals surface area contributed by atoms with E-state index in [1.165, 1.54) is 0 Å². The number of ketones is 2. The van der Waals surface area contributed by atoms with Gasteiger partial charge in [0, 0.05) is 28.3 Å². The van der Waals surface area contributed by atoms with Crippen LogP contribution in [-0.2, 0) is 4.79 Å². The molecule has 1 aliphatic carbocycles. The van der Waals surface area contributed by atoms with E-state index in [-0.39, 0.29) is 29.3 Å². The molecule has 3 rings (SSSR count). The molecule has 0 bridgehead atoms. The van der Waals surface area contributed by atoms with Crippen molar-refractivity contribution in [3.63, 3.8) is 0 Å². The van der Waals surface area contributed by atoms with Gasteiger partial charge in [-0.1, -0.05) is 54.1 Å². The SMILES string of the molecule is CC(=O)[C@@H]1[C@H](C(=O)c2ccccc2)[C@H]1c1ccc(Cl)cc1. The first-order chi connectivity index (χ1) is 10.1. The molecular weight excluding hydrogens is 284 g/mol. The van der Waals surface area contributed by atoms with Crippen LogP contribution in [0.4, 0.5) is 0 Å². The maximum atomic E-state index is 12.6. The molecule has 0 unspecified atom stereocenters. The van der Waals surface area contributed by atoms with Gasteiger partial charge in [-0.3, -0.25) is 9.59 Å². The minimum atomic E-state index is -0.244. The molecule has 0 amide bonds. The number of rotatable bonds is 4. The van der Waals surface area contributed by atoms with Gasteiger partial charge >= 0.3 is 0 Å². The zero-order chi connectivity index (χ0) is 15.0. The summed E-state index contributed by atoms with van der Waals surface area (Å²) in [5.41, 5.74) is 1.68. The van der Waals surface area contributed by atoms with Crippen molar-refractivity contribution in [1.29, 1.82) is 0 Å². The minimum absolute atomic E-state index is 0.0209. The van der Waals surface area contributed by atoms with E-state index in [9.17, 15) is 9.59 Å². The van der Waals surface area contributed by atoms with Crippen molar-refractivity contribution >= 4 is 23.2 Å². The van der Waals surface area contributed by atoms with Gasteiger partial charge in [0.05, 0.1) is 0 Å². The third kappa shape index (κ3) is 2.64. The molecule has 0 heterocycles. The third-order valence-corrected chi connectivity index (χ3v) is 4.36. The lowest BCUT2D eigenvalue weighted by molar-refractivity contribution is -0.118. The standard InChI is InChI=1S/C18H15ClO2/c1-11(20)15-16(12-7-9-14(19)10-8-12)17(15)18(21)13-5-3-2-4-6-13/h2-10,15-17H,1H3/t15-,16-,17-/m0/s1. The molecule has 21 heavy (non-hydrogen) atoms. The Balaban J connectivity index is 1.89. The number of halogens is 1. The van der Waals surface area contributed by atoms with Crippen LogP contribution in [0.25, 0.3) is 0 Å². The van der Waals surface area contributed by atoms with Crippen LogP contribution in [0.2, 0.25) is 5.02 Å². The fourth-order valence-corrected chi connectivity index (χ4v) is 3.16. The van der Waals surface area contributed by atoms with Crippen molar-refractivity contribution in [3.05, 3.63) is 70.7 Å². The Morgan fingerprint density at radius 3 is 2.10 bits per heavy atom. The van der Waals surface area contributed by atoms with Crippen molar-refractivity contribution in [1.82, 2.24) is 0 Å². The van der Waals surface area contributed by atoms with E-state index in [0.717, 1.165) is 5.56 Å². The van der Waals surface area contributed by atoms with Crippen LogP contribution in [0.3, 0.4) is 0 Å². The molecule has 0 aliphatic heterocycles. The summed E-state index contributed by atoms with van der Waals surface area (Å²) in [5.74, 6) is -0.350. The zero-order valence-corrected chi connectivity index (χ0v) is 12.4. The molecule has 1 saturated carbocycles. The molecular formula is C18H15ClO2. The molecule has 3 atom stereocenters. The van der Waals surface area contributed by atoms with E-state index in [1.807, 2.05) is 30.3 Å². The summed E-state index contributed by atoms with van der Waals surface area (Å²) < 4.78 is 0. The van der Waals surface area contributed by atoms with Crippen molar-refractivity contribution in [2.75, 3.05) is 0 Å². The highest BCUT2D eigenvalue weighted by molar-refractivity contribution is 6.30. The van der Waals surface area contributed by atoms with Crippen LogP contribution < -0.4 is 0 Å². The third-order valence-electron chi connectivity index (χ3n) is 4.11. The lowest BCUT2D eigenvalue weighted by atomic mass is 10.0. The van der Waals surface area contributed by atoms with Gasteiger partial charge in [-0.2, -0.15) is 0 Å². The number of hydrogen-bond acceptors (Lipinski definition) is 2. The molecule has 2 aromatic rings. The number of carbonyl (C=O) groups is 2. The van der Waals surface area contributed by atoms with Crippen LogP contribution >= 0.6 is 11.6 Å². The van der Waals surface area contributed by atoms with Crippen LogP contribution in [-0.4, -0.2) is 11.6 Å². The van der Waals surface area contributed by atoms with Crippen molar-refractivity contribution in [2.45, 2.75) is 12.8 Å². The first-order valence-electron chi connectivity index (χ1n) is 6.95. The van der Waals surface area contributed by atoms with Crippen LogP contribution in [0.5, 0.6) is 0 Å². The summed E-state index contributed by atoms with van der Waals surface area (Å²) in [6.07, 6.45) is 0. The lowest BCUT2D eigenvalue weighted by Gasteiger charge is -2.01. The highest BCUT2D eigenvalue weighted by Crippen LogP contribution is 2.55. The molecule has 0 saturated heterocycles. The van der Waals surface area contributed by atoms with Gasteiger partial charge < -0.3 is 0 Å². The van der Waals surface area contributed by atoms with E-state index in [2.05, 4.69) is 0 Å². The van der Waals surface area contributed by atoms with Crippen LogP contribution in [0.1, 0.15) is 28.8 Å². The van der Waals surface area contributed by atoms with Crippen LogP contribution in [0.15, 0.2) is 54.6 Å². The molecule has 0 spiro atoms. The monoisotopic (exact) mass is 298 g/mol. The van der Waals surface area contributed by atoms with E-state index >= 15 is 0 Å². The Kier molecular flexibility index (Phi) is 3.64. The molecule has 3 heteroatoms. The topological polar surface area (TPSA) is 34.1 Å². The quantitative estimate of drug-likeness (QED) is 0.795. The maximum absolute atomic E-state index is 12.6. The van der Waals surface area contributed by atoms with Crippen molar-refractivity contribution in [2.24, 2.45) is 11.8 Å².